The molecule has 0 fully saturated rings. The van der Waals surface area contributed by atoms with Crippen molar-refractivity contribution in [2.45, 2.75) is 13.5 Å². The quantitative estimate of drug-likeness (QED) is 0.791. The molecule has 2 aromatic rings. The molecule has 2 rings (SSSR count). The molecule has 0 aliphatic heterocycles. The van der Waals surface area contributed by atoms with E-state index in [0.717, 1.165) is 22.6 Å². The lowest BCUT2D eigenvalue weighted by Crippen LogP contribution is -1.97. The second kappa shape index (κ2) is 6.64. The maximum absolute atomic E-state index is 5.80. The molecule has 0 saturated heterocycles. The fraction of sp³-hybridized carbons (Fsp3) is 0.176. The van der Waals surface area contributed by atoms with Crippen molar-refractivity contribution < 1.29 is 9.47 Å². The summed E-state index contributed by atoms with van der Waals surface area (Å²) in [6, 6.07) is 16.0. The Labute approximate surface area is 114 Å². The maximum Gasteiger partial charge on any atom is 0.161 e. The van der Waals surface area contributed by atoms with E-state index in [1.54, 1.807) is 7.11 Å². The predicted octanol–water partition coefficient (Wildman–Crippen LogP) is 4.31. The van der Waals surface area contributed by atoms with Crippen molar-refractivity contribution in [1.29, 1.82) is 0 Å². The monoisotopic (exact) mass is 254 g/mol. The van der Waals surface area contributed by atoms with Gasteiger partial charge in [-0.3, -0.25) is 0 Å². The normalized spacial score (nSPS) is 10.6. The lowest BCUT2D eigenvalue weighted by Gasteiger charge is -2.11. The Bertz CT molecular complexity index is 544. The van der Waals surface area contributed by atoms with E-state index in [1.165, 1.54) is 0 Å². The molecule has 0 radical (unpaired) electrons. The maximum atomic E-state index is 5.80. The predicted molar refractivity (Wildman–Crippen MR) is 78.5 cm³/mol. The largest absolute Gasteiger partial charge is 0.493 e. The average molecular weight is 254 g/mol. The van der Waals surface area contributed by atoms with Gasteiger partial charge in [0, 0.05) is 0 Å². The van der Waals surface area contributed by atoms with Gasteiger partial charge >= 0.3 is 0 Å². The third-order valence-electron chi connectivity index (χ3n) is 2.78. The van der Waals surface area contributed by atoms with Crippen molar-refractivity contribution in [3.05, 3.63) is 65.7 Å². The second-order valence-corrected chi connectivity index (χ2v) is 4.18. The van der Waals surface area contributed by atoms with E-state index in [1.807, 2.05) is 67.6 Å². The summed E-state index contributed by atoms with van der Waals surface area (Å²) < 4.78 is 11.2. The number of hydrogen-bond acceptors (Lipinski definition) is 2. The minimum Gasteiger partial charge on any atom is -0.493 e. The molecule has 19 heavy (non-hydrogen) atoms. The molecule has 0 atom stereocenters. The first-order valence-electron chi connectivity index (χ1n) is 6.31. The van der Waals surface area contributed by atoms with Crippen LogP contribution < -0.4 is 9.47 Å². The van der Waals surface area contributed by atoms with Crippen molar-refractivity contribution in [1.82, 2.24) is 0 Å². The summed E-state index contributed by atoms with van der Waals surface area (Å²) in [6.45, 7) is 2.53. The zero-order valence-electron chi connectivity index (χ0n) is 11.3. The smallest absolute Gasteiger partial charge is 0.161 e. The first kappa shape index (κ1) is 13.2. The van der Waals surface area contributed by atoms with Crippen LogP contribution in [0.3, 0.4) is 0 Å². The lowest BCUT2D eigenvalue weighted by atomic mass is 10.2. The highest BCUT2D eigenvalue weighted by molar-refractivity contribution is 5.55. The Hall–Kier alpha value is -2.22. The molecule has 0 spiro atoms. The number of rotatable bonds is 5. The molecule has 2 nitrogen and oxygen atoms in total. The fourth-order valence-electron chi connectivity index (χ4n) is 1.83. The highest BCUT2D eigenvalue weighted by atomic mass is 16.5. The molecule has 0 aromatic heterocycles. The van der Waals surface area contributed by atoms with Gasteiger partial charge in [0.1, 0.15) is 6.61 Å². The number of hydrogen-bond donors (Lipinski definition) is 0. The van der Waals surface area contributed by atoms with E-state index in [4.69, 9.17) is 9.47 Å². The standard InChI is InChI=1S/C17H18O2/c1-3-7-14-10-11-16(17(12-14)18-2)19-13-15-8-5-4-6-9-15/h3-12H,13H2,1-2H3. The van der Waals surface area contributed by atoms with Crippen LogP contribution in [0.25, 0.3) is 6.08 Å². The van der Waals surface area contributed by atoms with Crippen LogP contribution in [0, 0.1) is 0 Å². The van der Waals surface area contributed by atoms with E-state index < -0.39 is 0 Å². The zero-order chi connectivity index (χ0) is 13.5. The SMILES string of the molecule is CC=Cc1ccc(OCc2ccccc2)c(OC)c1. The molecule has 98 valence electrons. The summed E-state index contributed by atoms with van der Waals surface area (Å²) in [5.74, 6) is 1.52. The van der Waals surface area contributed by atoms with Crippen LogP contribution in [-0.2, 0) is 6.61 Å². The molecule has 0 unspecified atom stereocenters. The van der Waals surface area contributed by atoms with E-state index in [2.05, 4.69) is 0 Å². The van der Waals surface area contributed by atoms with Crippen LogP contribution in [0.5, 0.6) is 11.5 Å². The topological polar surface area (TPSA) is 18.5 Å². The molecule has 0 amide bonds. The molecule has 2 aromatic carbocycles. The van der Waals surface area contributed by atoms with Crippen LogP contribution in [-0.4, -0.2) is 7.11 Å². The summed E-state index contributed by atoms with van der Waals surface area (Å²) in [5, 5.41) is 0. The van der Waals surface area contributed by atoms with Crippen LogP contribution in [0.1, 0.15) is 18.1 Å². The van der Waals surface area contributed by atoms with Gasteiger partial charge < -0.3 is 9.47 Å². The van der Waals surface area contributed by atoms with Gasteiger partial charge in [-0.1, -0.05) is 48.6 Å². The number of ether oxygens (including phenoxy) is 2. The lowest BCUT2D eigenvalue weighted by molar-refractivity contribution is 0.284. The summed E-state index contributed by atoms with van der Waals surface area (Å²) in [6.07, 6.45) is 4.03. The molecule has 0 bridgehead atoms. The van der Waals surface area contributed by atoms with Crippen LogP contribution in [0.2, 0.25) is 0 Å². The van der Waals surface area contributed by atoms with Gasteiger partial charge in [-0.25, -0.2) is 0 Å². The third kappa shape index (κ3) is 3.62. The Kier molecular flexibility index (Phi) is 4.62. The minimum atomic E-state index is 0.542. The van der Waals surface area contributed by atoms with Crippen molar-refractivity contribution in [3.63, 3.8) is 0 Å². The Morgan fingerprint density at radius 2 is 1.79 bits per heavy atom. The van der Waals surface area contributed by atoms with Gasteiger partial charge in [-0.15, -0.1) is 0 Å². The molecule has 2 heteroatoms. The second-order valence-electron chi connectivity index (χ2n) is 4.18. The van der Waals surface area contributed by atoms with Gasteiger partial charge in [-0.2, -0.15) is 0 Å². The molecule has 0 aliphatic rings. The number of allylic oxidation sites excluding steroid dienone is 1. The van der Waals surface area contributed by atoms with Crippen molar-refractivity contribution >= 4 is 6.08 Å². The van der Waals surface area contributed by atoms with Gasteiger partial charge in [0.05, 0.1) is 7.11 Å². The van der Waals surface area contributed by atoms with E-state index in [9.17, 15) is 0 Å². The highest BCUT2D eigenvalue weighted by Gasteiger charge is 2.04. The summed E-state index contributed by atoms with van der Waals surface area (Å²) in [5.41, 5.74) is 2.24. The van der Waals surface area contributed by atoms with Gasteiger partial charge in [-0.05, 0) is 30.2 Å². The Morgan fingerprint density at radius 3 is 2.47 bits per heavy atom. The van der Waals surface area contributed by atoms with E-state index in [0.29, 0.717) is 6.61 Å². The highest BCUT2D eigenvalue weighted by Crippen LogP contribution is 2.29. The van der Waals surface area contributed by atoms with E-state index >= 15 is 0 Å². The molecule has 0 N–H and O–H groups in total. The van der Waals surface area contributed by atoms with Crippen LogP contribution in [0.15, 0.2) is 54.6 Å². The molecule has 0 aliphatic carbocycles. The zero-order valence-corrected chi connectivity index (χ0v) is 11.3. The molecular weight excluding hydrogens is 236 g/mol. The summed E-state index contributed by atoms with van der Waals surface area (Å²) >= 11 is 0. The summed E-state index contributed by atoms with van der Waals surface area (Å²) in [4.78, 5) is 0. The van der Waals surface area contributed by atoms with Crippen molar-refractivity contribution in [2.75, 3.05) is 7.11 Å². The number of benzene rings is 2. The molecule has 0 saturated carbocycles. The van der Waals surface area contributed by atoms with Gasteiger partial charge in [0.15, 0.2) is 11.5 Å². The van der Waals surface area contributed by atoms with Gasteiger partial charge in [0.25, 0.3) is 0 Å². The fourth-order valence-corrected chi connectivity index (χ4v) is 1.83. The van der Waals surface area contributed by atoms with Crippen molar-refractivity contribution in [3.8, 4) is 11.5 Å². The minimum absolute atomic E-state index is 0.542. The molecule has 0 heterocycles. The number of methoxy groups -OCH3 is 1. The Balaban J connectivity index is 2.11. The average Bonchev–Trinajstić information content (AvgIpc) is 2.47. The third-order valence-corrected chi connectivity index (χ3v) is 2.78. The summed E-state index contributed by atoms with van der Waals surface area (Å²) in [7, 11) is 1.66. The van der Waals surface area contributed by atoms with Crippen molar-refractivity contribution in [2.24, 2.45) is 0 Å². The molecular formula is C17H18O2. The van der Waals surface area contributed by atoms with Crippen LogP contribution in [0.4, 0.5) is 0 Å². The first-order chi connectivity index (χ1) is 9.33. The first-order valence-corrected chi connectivity index (χ1v) is 6.31. The van der Waals surface area contributed by atoms with E-state index in [-0.39, 0.29) is 0 Å². The Morgan fingerprint density at radius 1 is 1.00 bits per heavy atom. The van der Waals surface area contributed by atoms with Crippen LogP contribution >= 0.6 is 0 Å². The van der Waals surface area contributed by atoms with Gasteiger partial charge in [0.2, 0.25) is 0 Å².